The minimum Gasteiger partial charge on any atom is -0.489 e. The fourth-order valence-electron chi connectivity index (χ4n) is 2.94. The van der Waals surface area contributed by atoms with Crippen LogP contribution in [0.2, 0.25) is 0 Å². The van der Waals surface area contributed by atoms with Gasteiger partial charge in [-0.2, -0.15) is 5.10 Å². The summed E-state index contributed by atoms with van der Waals surface area (Å²) < 4.78 is 7.59. The summed E-state index contributed by atoms with van der Waals surface area (Å²) in [6.45, 7) is 6.73. The van der Waals surface area contributed by atoms with Crippen LogP contribution in [0.4, 0.5) is 0 Å². The van der Waals surface area contributed by atoms with Gasteiger partial charge < -0.3 is 15.4 Å². The predicted molar refractivity (Wildman–Crippen MR) is 97.0 cm³/mol. The number of hydrogen-bond donors (Lipinski definition) is 1. The molecule has 0 saturated carbocycles. The van der Waals surface area contributed by atoms with E-state index >= 15 is 0 Å². The molecule has 1 aromatic heterocycles. The third-order valence-corrected chi connectivity index (χ3v) is 4.38. The van der Waals surface area contributed by atoms with Gasteiger partial charge in [-0.15, -0.1) is 0 Å². The Hall–Kier alpha value is -2.34. The van der Waals surface area contributed by atoms with Gasteiger partial charge in [0.25, 0.3) is 5.91 Å². The molecule has 6 nitrogen and oxygen atoms in total. The highest BCUT2D eigenvalue weighted by Crippen LogP contribution is 2.25. The normalized spacial score (nSPS) is 17.3. The molecule has 1 atom stereocenters. The second kappa shape index (κ2) is 7.70. The molecule has 0 radical (unpaired) electrons. The molecule has 1 aliphatic heterocycles. The van der Waals surface area contributed by atoms with Crippen molar-refractivity contribution in [3.05, 3.63) is 42.2 Å². The van der Waals surface area contributed by atoms with Gasteiger partial charge >= 0.3 is 0 Å². The highest BCUT2D eigenvalue weighted by atomic mass is 16.5. The quantitative estimate of drug-likeness (QED) is 0.874. The van der Waals surface area contributed by atoms with Crippen LogP contribution in [0.25, 0.3) is 5.69 Å². The first-order valence-corrected chi connectivity index (χ1v) is 8.85. The van der Waals surface area contributed by atoms with Crippen molar-refractivity contribution in [2.45, 2.75) is 20.3 Å². The molecular formula is C19H26N4O2. The number of para-hydroxylation sites is 1. The lowest BCUT2D eigenvalue weighted by Gasteiger charge is -2.16. The third kappa shape index (κ3) is 4.02. The zero-order chi connectivity index (χ0) is 17.8. The molecule has 1 saturated heterocycles. The Labute approximate surface area is 148 Å². The molecule has 2 heterocycles. The number of rotatable bonds is 6. The summed E-state index contributed by atoms with van der Waals surface area (Å²) >= 11 is 0. The molecule has 1 aliphatic rings. The summed E-state index contributed by atoms with van der Waals surface area (Å²) in [4.78, 5) is 14.8. The van der Waals surface area contributed by atoms with Crippen LogP contribution in [-0.2, 0) is 0 Å². The summed E-state index contributed by atoms with van der Waals surface area (Å²) in [5, 5.41) is 4.52. The van der Waals surface area contributed by atoms with Crippen molar-refractivity contribution in [2.24, 2.45) is 17.6 Å². The Morgan fingerprint density at radius 3 is 2.76 bits per heavy atom. The lowest BCUT2D eigenvalue weighted by molar-refractivity contribution is 0.0776. The summed E-state index contributed by atoms with van der Waals surface area (Å²) in [5.74, 6) is 1.21. The topological polar surface area (TPSA) is 73.4 Å². The smallest absolute Gasteiger partial charge is 0.278 e. The number of nitrogens with zero attached hydrogens (tertiary/aromatic N) is 3. The van der Waals surface area contributed by atoms with E-state index in [4.69, 9.17) is 10.5 Å². The molecule has 2 N–H and O–H groups in total. The molecule has 3 rings (SSSR count). The highest BCUT2D eigenvalue weighted by Gasteiger charge is 2.30. The maximum Gasteiger partial charge on any atom is 0.278 e. The van der Waals surface area contributed by atoms with Crippen molar-refractivity contribution in [1.29, 1.82) is 0 Å². The third-order valence-electron chi connectivity index (χ3n) is 4.38. The van der Waals surface area contributed by atoms with E-state index in [9.17, 15) is 4.79 Å². The molecule has 6 heteroatoms. The molecule has 1 aromatic carbocycles. The van der Waals surface area contributed by atoms with Crippen molar-refractivity contribution >= 4 is 5.91 Å². The number of benzene rings is 1. The molecule has 2 aromatic rings. The SMILES string of the molecule is CC(C)COc1cn(-c2ccccc2)nc1C(=O)N1CCC(CN)C1. The van der Waals surface area contributed by atoms with Crippen LogP contribution in [0.3, 0.4) is 0 Å². The van der Waals surface area contributed by atoms with Gasteiger partial charge in [-0.25, -0.2) is 4.68 Å². The first-order chi connectivity index (χ1) is 12.1. The lowest BCUT2D eigenvalue weighted by Crippen LogP contribution is -2.30. The highest BCUT2D eigenvalue weighted by molar-refractivity contribution is 5.95. The van der Waals surface area contributed by atoms with Gasteiger partial charge in [0.05, 0.1) is 18.5 Å². The van der Waals surface area contributed by atoms with Crippen LogP contribution < -0.4 is 10.5 Å². The summed E-state index contributed by atoms with van der Waals surface area (Å²) in [6, 6.07) is 9.74. The largest absolute Gasteiger partial charge is 0.489 e. The molecule has 1 unspecified atom stereocenters. The predicted octanol–water partition coefficient (Wildman–Crippen LogP) is 2.33. The number of carbonyl (C=O) groups is 1. The van der Waals surface area contributed by atoms with Gasteiger partial charge in [-0.05, 0) is 36.9 Å². The minimum absolute atomic E-state index is 0.0793. The van der Waals surface area contributed by atoms with Gasteiger partial charge in [0.2, 0.25) is 0 Å². The minimum atomic E-state index is -0.0793. The van der Waals surface area contributed by atoms with Gasteiger partial charge in [-0.3, -0.25) is 4.79 Å². The fourth-order valence-corrected chi connectivity index (χ4v) is 2.94. The Morgan fingerprint density at radius 2 is 2.12 bits per heavy atom. The molecule has 25 heavy (non-hydrogen) atoms. The van der Waals surface area contributed by atoms with E-state index in [-0.39, 0.29) is 5.91 Å². The van der Waals surface area contributed by atoms with E-state index in [1.54, 1.807) is 10.9 Å². The van der Waals surface area contributed by atoms with Gasteiger partial charge in [-0.1, -0.05) is 32.0 Å². The van der Waals surface area contributed by atoms with Crippen LogP contribution in [-0.4, -0.2) is 46.8 Å². The van der Waals surface area contributed by atoms with Gasteiger partial charge in [0.1, 0.15) is 0 Å². The first kappa shape index (κ1) is 17.5. The van der Waals surface area contributed by atoms with E-state index in [0.717, 1.165) is 18.7 Å². The van der Waals surface area contributed by atoms with E-state index in [1.165, 1.54) is 0 Å². The van der Waals surface area contributed by atoms with Crippen LogP contribution in [0, 0.1) is 11.8 Å². The lowest BCUT2D eigenvalue weighted by atomic mass is 10.1. The van der Waals surface area contributed by atoms with Crippen molar-refractivity contribution in [3.8, 4) is 11.4 Å². The number of ether oxygens (including phenoxy) is 1. The zero-order valence-corrected chi connectivity index (χ0v) is 14.9. The molecule has 0 aliphatic carbocycles. The number of likely N-dealkylation sites (tertiary alicyclic amines) is 1. The number of aromatic nitrogens is 2. The van der Waals surface area contributed by atoms with Crippen LogP contribution in [0.15, 0.2) is 36.5 Å². The molecular weight excluding hydrogens is 316 g/mol. The van der Waals surface area contributed by atoms with E-state index in [2.05, 4.69) is 18.9 Å². The number of nitrogens with two attached hydrogens (primary N) is 1. The van der Waals surface area contributed by atoms with Crippen molar-refractivity contribution in [3.63, 3.8) is 0 Å². The van der Waals surface area contributed by atoms with E-state index in [0.29, 0.717) is 43.0 Å². The number of hydrogen-bond acceptors (Lipinski definition) is 4. The second-order valence-corrected chi connectivity index (χ2v) is 6.97. The van der Waals surface area contributed by atoms with Crippen molar-refractivity contribution in [2.75, 3.05) is 26.2 Å². The fraction of sp³-hybridized carbons (Fsp3) is 0.474. The molecule has 0 spiro atoms. The molecule has 134 valence electrons. The Bertz CT molecular complexity index is 711. The molecule has 1 amide bonds. The Morgan fingerprint density at radius 1 is 1.36 bits per heavy atom. The molecule has 0 bridgehead atoms. The van der Waals surface area contributed by atoms with Crippen LogP contribution >= 0.6 is 0 Å². The standard InChI is InChI=1S/C19H26N4O2/c1-14(2)13-25-17-12-23(16-6-4-3-5-7-16)21-18(17)19(24)22-9-8-15(10-20)11-22/h3-7,12,14-15H,8-11,13,20H2,1-2H3. The van der Waals surface area contributed by atoms with Crippen LogP contribution in [0.1, 0.15) is 30.8 Å². The summed E-state index contributed by atoms with van der Waals surface area (Å²) in [7, 11) is 0. The average molecular weight is 342 g/mol. The Kier molecular flexibility index (Phi) is 5.38. The zero-order valence-electron chi connectivity index (χ0n) is 14.9. The van der Waals surface area contributed by atoms with Gasteiger partial charge in [0.15, 0.2) is 11.4 Å². The Balaban J connectivity index is 1.87. The monoisotopic (exact) mass is 342 g/mol. The summed E-state index contributed by atoms with van der Waals surface area (Å²) in [5.41, 5.74) is 7.02. The van der Waals surface area contributed by atoms with Gasteiger partial charge in [0, 0.05) is 13.1 Å². The second-order valence-electron chi connectivity index (χ2n) is 6.97. The maximum atomic E-state index is 12.9. The summed E-state index contributed by atoms with van der Waals surface area (Å²) in [6.07, 6.45) is 2.74. The van der Waals surface area contributed by atoms with E-state index in [1.807, 2.05) is 35.2 Å². The van der Waals surface area contributed by atoms with Crippen LogP contribution in [0.5, 0.6) is 5.75 Å². The maximum absolute atomic E-state index is 12.9. The number of carbonyl (C=O) groups excluding carboxylic acids is 1. The molecule has 1 fully saturated rings. The first-order valence-electron chi connectivity index (χ1n) is 8.85. The average Bonchev–Trinajstić information content (AvgIpc) is 3.27. The van der Waals surface area contributed by atoms with E-state index < -0.39 is 0 Å². The van der Waals surface area contributed by atoms with Crippen molar-refractivity contribution in [1.82, 2.24) is 14.7 Å². The van der Waals surface area contributed by atoms with Crippen molar-refractivity contribution < 1.29 is 9.53 Å². The number of amides is 1.